The van der Waals surface area contributed by atoms with Crippen LogP contribution in [0.4, 0.5) is 0 Å². The van der Waals surface area contributed by atoms with Crippen molar-refractivity contribution in [2.75, 3.05) is 40.8 Å². The molecule has 0 aromatic heterocycles. The topological polar surface area (TPSA) is 48.9 Å². The first kappa shape index (κ1) is 20.9. The number of rotatable bonds is 7. The Balaban J connectivity index is 0.00000400. The monoisotopic (exact) mass is 412 g/mol. The van der Waals surface area contributed by atoms with Gasteiger partial charge in [0.15, 0.2) is 5.96 Å². The fourth-order valence-electron chi connectivity index (χ4n) is 2.47. The van der Waals surface area contributed by atoms with E-state index < -0.39 is 0 Å². The van der Waals surface area contributed by atoms with Crippen LogP contribution in [0.1, 0.15) is 33.1 Å². The molecule has 1 aliphatic heterocycles. The summed E-state index contributed by atoms with van der Waals surface area (Å²) < 4.78 is 5.61. The number of aliphatic imine (C=N–C) groups is 1. The molecule has 6 heteroatoms. The third-order valence-electron chi connectivity index (χ3n) is 3.72. The van der Waals surface area contributed by atoms with E-state index in [2.05, 4.69) is 48.5 Å². The van der Waals surface area contributed by atoms with Gasteiger partial charge in [-0.25, -0.2) is 0 Å². The Labute approximate surface area is 147 Å². The highest BCUT2D eigenvalue weighted by Crippen LogP contribution is 2.10. The molecule has 0 bridgehead atoms. The van der Waals surface area contributed by atoms with Crippen LogP contribution in [-0.2, 0) is 4.74 Å². The zero-order valence-corrected chi connectivity index (χ0v) is 16.5. The van der Waals surface area contributed by atoms with Gasteiger partial charge in [0.25, 0.3) is 0 Å². The molecule has 2 N–H and O–H groups in total. The smallest absolute Gasteiger partial charge is 0.191 e. The number of nitrogens with zero attached hydrogens (tertiary/aromatic N) is 2. The van der Waals surface area contributed by atoms with Crippen molar-refractivity contribution in [1.82, 2.24) is 15.5 Å². The van der Waals surface area contributed by atoms with Gasteiger partial charge < -0.3 is 20.3 Å². The lowest BCUT2D eigenvalue weighted by Gasteiger charge is -2.27. The van der Waals surface area contributed by atoms with E-state index in [1.165, 1.54) is 12.8 Å². The molecule has 0 spiro atoms. The van der Waals surface area contributed by atoms with E-state index in [1.807, 2.05) is 7.05 Å². The number of hydrogen-bond donors (Lipinski definition) is 2. The Morgan fingerprint density at radius 1 is 1.33 bits per heavy atom. The van der Waals surface area contributed by atoms with E-state index in [1.54, 1.807) is 0 Å². The Kier molecular flexibility index (Phi) is 11.4. The molecule has 0 amide bonds. The van der Waals surface area contributed by atoms with Gasteiger partial charge in [0.05, 0.1) is 6.10 Å². The van der Waals surface area contributed by atoms with Gasteiger partial charge in [-0.2, -0.15) is 0 Å². The van der Waals surface area contributed by atoms with Crippen LogP contribution >= 0.6 is 24.0 Å². The molecule has 1 heterocycles. The van der Waals surface area contributed by atoms with Crippen molar-refractivity contribution in [2.45, 2.75) is 45.3 Å². The first-order valence-corrected chi connectivity index (χ1v) is 7.75. The maximum absolute atomic E-state index is 5.61. The maximum Gasteiger partial charge on any atom is 0.191 e. The second kappa shape index (κ2) is 11.5. The van der Waals surface area contributed by atoms with Crippen LogP contribution < -0.4 is 10.6 Å². The van der Waals surface area contributed by atoms with Gasteiger partial charge in [0.2, 0.25) is 0 Å². The number of likely N-dealkylation sites (N-methyl/N-ethyl adjacent to an activating group) is 1. The van der Waals surface area contributed by atoms with Gasteiger partial charge in [0, 0.05) is 32.8 Å². The highest BCUT2D eigenvalue weighted by molar-refractivity contribution is 14.0. The molecule has 126 valence electrons. The maximum atomic E-state index is 5.61. The number of halogens is 1. The normalized spacial score (nSPS) is 20.5. The molecule has 1 fully saturated rings. The molecule has 2 atom stereocenters. The highest BCUT2D eigenvalue weighted by atomic mass is 127. The van der Waals surface area contributed by atoms with Crippen LogP contribution in [-0.4, -0.2) is 63.8 Å². The zero-order chi connectivity index (χ0) is 15.0. The molecule has 1 aliphatic rings. The van der Waals surface area contributed by atoms with Gasteiger partial charge in [-0.1, -0.05) is 13.8 Å². The predicted octanol–water partition coefficient (Wildman–Crippen LogP) is 1.92. The van der Waals surface area contributed by atoms with E-state index in [0.29, 0.717) is 18.1 Å². The first-order valence-electron chi connectivity index (χ1n) is 7.75. The lowest BCUT2D eigenvalue weighted by atomic mass is 10.0. The summed E-state index contributed by atoms with van der Waals surface area (Å²) in [4.78, 5) is 6.56. The van der Waals surface area contributed by atoms with Crippen molar-refractivity contribution in [3.63, 3.8) is 0 Å². The molecular weight excluding hydrogens is 379 g/mol. The summed E-state index contributed by atoms with van der Waals surface area (Å²) in [6.45, 7) is 7.18. The minimum atomic E-state index is 0. The van der Waals surface area contributed by atoms with E-state index in [9.17, 15) is 0 Å². The molecule has 21 heavy (non-hydrogen) atoms. The quantitative estimate of drug-likeness (QED) is 0.381. The Morgan fingerprint density at radius 3 is 2.52 bits per heavy atom. The van der Waals surface area contributed by atoms with Crippen molar-refractivity contribution in [3.8, 4) is 0 Å². The number of hydrogen-bond acceptors (Lipinski definition) is 3. The summed E-state index contributed by atoms with van der Waals surface area (Å²) in [5.74, 6) is 1.57. The number of nitrogens with one attached hydrogen (secondary N) is 2. The molecule has 0 aromatic rings. The largest absolute Gasteiger partial charge is 0.376 e. The van der Waals surface area contributed by atoms with Gasteiger partial charge in [-0.15, -0.1) is 24.0 Å². The second-order valence-corrected chi connectivity index (χ2v) is 6.22. The van der Waals surface area contributed by atoms with Crippen molar-refractivity contribution in [3.05, 3.63) is 0 Å². The van der Waals surface area contributed by atoms with Gasteiger partial charge in [-0.05, 0) is 39.3 Å². The lowest BCUT2D eigenvalue weighted by molar-refractivity contribution is 0.113. The highest BCUT2D eigenvalue weighted by Gasteiger charge is 2.17. The third-order valence-corrected chi connectivity index (χ3v) is 3.72. The molecule has 2 unspecified atom stereocenters. The summed E-state index contributed by atoms with van der Waals surface area (Å²) >= 11 is 0. The van der Waals surface area contributed by atoms with Crippen LogP contribution in [0.2, 0.25) is 0 Å². The van der Waals surface area contributed by atoms with E-state index >= 15 is 0 Å². The van der Waals surface area contributed by atoms with Gasteiger partial charge in [-0.3, -0.25) is 4.99 Å². The minimum Gasteiger partial charge on any atom is -0.376 e. The summed E-state index contributed by atoms with van der Waals surface area (Å²) in [7, 11) is 6.09. The van der Waals surface area contributed by atoms with Gasteiger partial charge in [0.1, 0.15) is 0 Å². The molecule has 0 saturated carbocycles. The fourth-order valence-corrected chi connectivity index (χ4v) is 2.47. The molecule has 0 aliphatic carbocycles. The van der Waals surface area contributed by atoms with Crippen molar-refractivity contribution in [2.24, 2.45) is 10.9 Å². The summed E-state index contributed by atoms with van der Waals surface area (Å²) in [5.41, 5.74) is 0. The predicted molar refractivity (Wildman–Crippen MR) is 101 cm³/mol. The average molecular weight is 412 g/mol. The Hall–Kier alpha value is -0.0800. The second-order valence-electron chi connectivity index (χ2n) is 6.22. The first-order chi connectivity index (χ1) is 9.52. The van der Waals surface area contributed by atoms with Crippen molar-refractivity contribution in [1.29, 1.82) is 0 Å². The summed E-state index contributed by atoms with van der Waals surface area (Å²) in [6.07, 6.45) is 3.85. The van der Waals surface area contributed by atoms with Crippen LogP contribution in [0.25, 0.3) is 0 Å². The van der Waals surface area contributed by atoms with E-state index in [-0.39, 0.29) is 24.0 Å². The SMILES string of the molecule is CN=C(NCC1CCCO1)NCC(CC(C)C)N(C)C.I. The molecule has 0 aromatic carbocycles. The molecular formula is C15H33IN4O. The van der Waals surface area contributed by atoms with Crippen molar-refractivity contribution < 1.29 is 4.74 Å². The number of ether oxygens (including phenoxy) is 1. The third kappa shape index (κ3) is 8.83. The Morgan fingerprint density at radius 2 is 2.05 bits per heavy atom. The van der Waals surface area contributed by atoms with Crippen LogP contribution in [0.3, 0.4) is 0 Å². The molecule has 5 nitrogen and oxygen atoms in total. The fraction of sp³-hybridized carbons (Fsp3) is 0.933. The summed E-state index contributed by atoms with van der Waals surface area (Å²) in [6, 6.07) is 0.524. The molecule has 1 rings (SSSR count). The average Bonchev–Trinajstić information content (AvgIpc) is 2.89. The van der Waals surface area contributed by atoms with Crippen LogP contribution in [0.5, 0.6) is 0 Å². The van der Waals surface area contributed by atoms with Crippen LogP contribution in [0.15, 0.2) is 4.99 Å². The molecule has 0 radical (unpaired) electrons. The van der Waals surface area contributed by atoms with Gasteiger partial charge >= 0.3 is 0 Å². The summed E-state index contributed by atoms with van der Waals surface area (Å²) in [5, 5.41) is 6.78. The van der Waals surface area contributed by atoms with E-state index in [4.69, 9.17) is 4.74 Å². The lowest BCUT2D eigenvalue weighted by Crippen LogP contribution is -2.47. The zero-order valence-electron chi connectivity index (χ0n) is 14.2. The Bertz CT molecular complexity index is 291. The standard InChI is InChI=1S/C15H32N4O.HI/c1-12(2)9-13(19(4)5)10-17-15(16-3)18-11-14-7-6-8-20-14;/h12-14H,6-11H2,1-5H3,(H2,16,17,18);1H. The minimum absolute atomic E-state index is 0. The van der Waals surface area contributed by atoms with Crippen molar-refractivity contribution >= 4 is 29.9 Å². The van der Waals surface area contributed by atoms with Crippen LogP contribution in [0, 0.1) is 5.92 Å². The van der Waals surface area contributed by atoms with E-state index in [0.717, 1.165) is 32.1 Å². The number of guanidine groups is 1. The molecule has 1 saturated heterocycles.